The molecule has 1 amide bonds. The van der Waals surface area contributed by atoms with Gasteiger partial charge in [-0.25, -0.2) is 0 Å². The predicted molar refractivity (Wildman–Crippen MR) is 87.0 cm³/mol. The van der Waals surface area contributed by atoms with Crippen LogP contribution >= 0.6 is 22.9 Å². The van der Waals surface area contributed by atoms with E-state index in [-0.39, 0.29) is 12.5 Å². The normalized spacial score (nSPS) is 9.90. The molecule has 0 radical (unpaired) electrons. The first-order valence-corrected chi connectivity index (χ1v) is 7.57. The summed E-state index contributed by atoms with van der Waals surface area (Å²) in [6, 6.07) is 10.9. The Balaban J connectivity index is 1.80. The molecule has 0 aliphatic heterocycles. The van der Waals surface area contributed by atoms with Crippen molar-refractivity contribution in [3.8, 4) is 18.1 Å². The SMILES string of the molecule is C#CCOc1ccc(NC(=O)CCc2ccc(Cl)s2)cc1. The van der Waals surface area contributed by atoms with Crippen molar-refractivity contribution >= 4 is 34.5 Å². The van der Waals surface area contributed by atoms with Crippen LogP contribution in [0.1, 0.15) is 11.3 Å². The molecule has 0 saturated heterocycles. The number of aryl methyl sites for hydroxylation is 1. The van der Waals surface area contributed by atoms with Crippen molar-refractivity contribution < 1.29 is 9.53 Å². The first kappa shape index (κ1) is 15.4. The van der Waals surface area contributed by atoms with Gasteiger partial charge < -0.3 is 10.1 Å². The van der Waals surface area contributed by atoms with Crippen molar-refractivity contribution in [1.82, 2.24) is 0 Å². The zero-order chi connectivity index (χ0) is 15.1. The Morgan fingerprint density at radius 3 is 2.67 bits per heavy atom. The van der Waals surface area contributed by atoms with Crippen LogP contribution in [0.2, 0.25) is 4.34 Å². The summed E-state index contributed by atoms with van der Waals surface area (Å²) >= 11 is 7.35. The zero-order valence-corrected chi connectivity index (χ0v) is 12.8. The van der Waals surface area contributed by atoms with Crippen molar-refractivity contribution in [2.24, 2.45) is 0 Å². The Bertz CT molecular complexity index is 643. The zero-order valence-electron chi connectivity index (χ0n) is 11.3. The van der Waals surface area contributed by atoms with E-state index in [9.17, 15) is 4.79 Å². The van der Waals surface area contributed by atoms with Gasteiger partial charge in [0, 0.05) is 17.0 Å². The van der Waals surface area contributed by atoms with Crippen LogP contribution in [0, 0.1) is 12.3 Å². The first-order valence-electron chi connectivity index (χ1n) is 6.38. The number of thiophene rings is 1. The molecule has 1 aromatic heterocycles. The molecule has 21 heavy (non-hydrogen) atoms. The minimum Gasteiger partial charge on any atom is -0.481 e. The Morgan fingerprint density at radius 2 is 2.05 bits per heavy atom. The maximum Gasteiger partial charge on any atom is 0.224 e. The van der Waals surface area contributed by atoms with Gasteiger partial charge in [-0.05, 0) is 42.8 Å². The lowest BCUT2D eigenvalue weighted by Gasteiger charge is -2.06. The molecule has 1 heterocycles. The molecule has 0 saturated carbocycles. The van der Waals surface area contributed by atoms with Crippen LogP contribution in [0.4, 0.5) is 5.69 Å². The van der Waals surface area contributed by atoms with Crippen molar-refractivity contribution in [3.63, 3.8) is 0 Å². The van der Waals surface area contributed by atoms with Crippen LogP contribution in [-0.2, 0) is 11.2 Å². The summed E-state index contributed by atoms with van der Waals surface area (Å²) in [5.74, 6) is 3.05. The average Bonchev–Trinajstić information content (AvgIpc) is 2.90. The van der Waals surface area contributed by atoms with E-state index in [0.29, 0.717) is 18.6 Å². The Kier molecular flexibility index (Phi) is 5.68. The van der Waals surface area contributed by atoms with E-state index in [1.54, 1.807) is 24.3 Å². The van der Waals surface area contributed by atoms with Crippen molar-refractivity contribution in [2.75, 3.05) is 11.9 Å². The molecule has 2 rings (SSSR count). The number of carbonyl (C=O) groups is 1. The summed E-state index contributed by atoms with van der Waals surface area (Å²) < 4.78 is 6.01. The third-order valence-electron chi connectivity index (χ3n) is 2.69. The lowest BCUT2D eigenvalue weighted by molar-refractivity contribution is -0.116. The highest BCUT2D eigenvalue weighted by atomic mass is 35.5. The molecule has 0 bridgehead atoms. The molecule has 2 aromatic rings. The second kappa shape index (κ2) is 7.72. The van der Waals surface area contributed by atoms with E-state index in [4.69, 9.17) is 22.8 Å². The van der Waals surface area contributed by atoms with Gasteiger partial charge in [-0.1, -0.05) is 17.5 Å². The molecule has 0 aliphatic rings. The van der Waals surface area contributed by atoms with Gasteiger partial charge in [0.05, 0.1) is 4.34 Å². The van der Waals surface area contributed by atoms with Gasteiger partial charge >= 0.3 is 0 Å². The Labute approximate surface area is 132 Å². The highest BCUT2D eigenvalue weighted by molar-refractivity contribution is 7.16. The fourth-order valence-electron chi connectivity index (χ4n) is 1.71. The third-order valence-corrected chi connectivity index (χ3v) is 3.98. The first-order chi connectivity index (χ1) is 10.2. The van der Waals surface area contributed by atoms with E-state index in [1.165, 1.54) is 11.3 Å². The maximum atomic E-state index is 11.9. The van der Waals surface area contributed by atoms with E-state index in [2.05, 4.69) is 11.2 Å². The second-order valence-electron chi connectivity index (χ2n) is 4.27. The van der Waals surface area contributed by atoms with Gasteiger partial charge in [-0.2, -0.15) is 0 Å². The summed E-state index contributed by atoms with van der Waals surface area (Å²) in [7, 11) is 0. The van der Waals surface area contributed by atoms with Crippen LogP contribution in [-0.4, -0.2) is 12.5 Å². The second-order valence-corrected chi connectivity index (χ2v) is 6.07. The van der Waals surface area contributed by atoms with Gasteiger partial charge in [0.1, 0.15) is 12.4 Å². The molecular formula is C16H14ClNO2S. The van der Waals surface area contributed by atoms with Crippen LogP contribution < -0.4 is 10.1 Å². The van der Waals surface area contributed by atoms with Gasteiger partial charge in [0.15, 0.2) is 0 Å². The standard InChI is InChI=1S/C16H14ClNO2S/c1-2-11-20-13-5-3-12(4-6-13)18-16(19)10-8-14-7-9-15(17)21-14/h1,3-7,9H,8,10-11H2,(H,18,19). The molecule has 0 atom stereocenters. The fourth-order valence-corrected chi connectivity index (χ4v) is 2.79. The monoisotopic (exact) mass is 319 g/mol. The number of amides is 1. The molecule has 0 aliphatic carbocycles. The average molecular weight is 320 g/mol. The van der Waals surface area contributed by atoms with E-state index < -0.39 is 0 Å². The van der Waals surface area contributed by atoms with Gasteiger partial charge in [0.2, 0.25) is 5.91 Å². The molecular weight excluding hydrogens is 306 g/mol. The van der Waals surface area contributed by atoms with Crippen LogP contribution in [0.15, 0.2) is 36.4 Å². The van der Waals surface area contributed by atoms with Crippen molar-refractivity contribution in [2.45, 2.75) is 12.8 Å². The number of hydrogen-bond donors (Lipinski definition) is 1. The lowest BCUT2D eigenvalue weighted by atomic mass is 10.2. The number of carbonyl (C=O) groups excluding carboxylic acids is 1. The molecule has 108 valence electrons. The summed E-state index contributed by atoms with van der Waals surface area (Å²) in [6.45, 7) is 0.231. The highest BCUT2D eigenvalue weighted by Crippen LogP contribution is 2.22. The fraction of sp³-hybridized carbons (Fsp3) is 0.188. The summed E-state index contributed by atoms with van der Waals surface area (Å²) in [5, 5.41) is 2.84. The number of ether oxygens (including phenoxy) is 1. The minimum atomic E-state index is -0.0307. The lowest BCUT2D eigenvalue weighted by Crippen LogP contribution is -2.11. The summed E-state index contributed by atoms with van der Waals surface area (Å²) in [6.07, 6.45) is 6.23. The Morgan fingerprint density at radius 1 is 1.29 bits per heavy atom. The number of terminal acetylenes is 1. The number of halogens is 1. The molecule has 5 heteroatoms. The third kappa shape index (κ3) is 5.14. The summed E-state index contributed by atoms with van der Waals surface area (Å²) in [4.78, 5) is 13.0. The smallest absolute Gasteiger partial charge is 0.224 e. The van der Waals surface area contributed by atoms with Crippen LogP contribution in [0.3, 0.4) is 0 Å². The van der Waals surface area contributed by atoms with Crippen LogP contribution in [0.5, 0.6) is 5.75 Å². The van der Waals surface area contributed by atoms with Gasteiger partial charge in [-0.3, -0.25) is 4.79 Å². The van der Waals surface area contributed by atoms with Gasteiger partial charge in [0.25, 0.3) is 0 Å². The highest BCUT2D eigenvalue weighted by Gasteiger charge is 2.05. The molecule has 1 N–H and O–H groups in total. The number of anilines is 1. The van der Waals surface area contributed by atoms with E-state index in [0.717, 1.165) is 14.9 Å². The summed E-state index contributed by atoms with van der Waals surface area (Å²) in [5.41, 5.74) is 0.734. The van der Waals surface area contributed by atoms with E-state index >= 15 is 0 Å². The van der Waals surface area contributed by atoms with E-state index in [1.807, 2.05) is 12.1 Å². The maximum absolute atomic E-state index is 11.9. The Hall–Kier alpha value is -1.96. The predicted octanol–water partition coefficient (Wildman–Crippen LogP) is 3.98. The number of rotatable bonds is 6. The molecule has 1 aromatic carbocycles. The quantitative estimate of drug-likeness (QED) is 0.818. The number of nitrogens with one attached hydrogen (secondary N) is 1. The van der Waals surface area contributed by atoms with Crippen LogP contribution in [0.25, 0.3) is 0 Å². The van der Waals surface area contributed by atoms with Crippen molar-refractivity contribution in [1.29, 1.82) is 0 Å². The molecule has 0 fully saturated rings. The minimum absolute atomic E-state index is 0.0307. The topological polar surface area (TPSA) is 38.3 Å². The molecule has 0 spiro atoms. The molecule has 3 nitrogen and oxygen atoms in total. The number of hydrogen-bond acceptors (Lipinski definition) is 3. The van der Waals surface area contributed by atoms with Crippen molar-refractivity contribution in [3.05, 3.63) is 45.6 Å². The number of benzene rings is 1. The molecule has 0 unspecified atom stereocenters. The largest absolute Gasteiger partial charge is 0.481 e. The van der Waals surface area contributed by atoms with Gasteiger partial charge in [-0.15, -0.1) is 17.8 Å².